The van der Waals surface area contributed by atoms with E-state index in [-0.39, 0.29) is 18.1 Å². The topological polar surface area (TPSA) is 69.0 Å². The average Bonchev–Trinajstić information content (AvgIpc) is 3.13. The maximum Gasteiger partial charge on any atom is 0.253 e. The predicted molar refractivity (Wildman–Crippen MR) is 81.7 cm³/mol. The van der Waals surface area contributed by atoms with Crippen molar-refractivity contribution < 1.29 is 9.53 Å². The number of carbonyl (C=O) groups excluding carboxylic acids is 1. The van der Waals surface area contributed by atoms with E-state index in [2.05, 4.69) is 19.9 Å². The molecule has 0 aliphatic heterocycles. The van der Waals surface area contributed by atoms with Gasteiger partial charge in [0.1, 0.15) is 5.52 Å². The summed E-state index contributed by atoms with van der Waals surface area (Å²) in [5, 5.41) is 3.06. The number of ether oxygens (including phenoxy) is 1. The van der Waals surface area contributed by atoms with Crippen LogP contribution in [0.3, 0.4) is 0 Å². The highest BCUT2D eigenvalue weighted by Crippen LogP contribution is 2.36. The second-order valence-electron chi connectivity index (χ2n) is 6.23. The largest absolute Gasteiger partial charge is 0.379 e. The van der Waals surface area contributed by atoms with Crippen LogP contribution in [0.15, 0.2) is 18.6 Å². The van der Waals surface area contributed by atoms with E-state index in [4.69, 9.17) is 4.74 Å². The van der Waals surface area contributed by atoms with Gasteiger partial charge in [0.25, 0.3) is 5.91 Å². The molecule has 0 radical (unpaired) electrons. The van der Waals surface area contributed by atoms with Gasteiger partial charge in [-0.25, -0.2) is 9.97 Å². The van der Waals surface area contributed by atoms with Gasteiger partial charge >= 0.3 is 0 Å². The van der Waals surface area contributed by atoms with Crippen molar-refractivity contribution in [2.45, 2.75) is 50.3 Å². The quantitative estimate of drug-likeness (QED) is 0.938. The third-order valence-corrected chi connectivity index (χ3v) is 4.69. The van der Waals surface area contributed by atoms with Crippen LogP contribution in [0.2, 0.25) is 0 Å². The molecular weight excluding hydrogens is 280 g/mol. The molecule has 4 rings (SSSR count). The lowest BCUT2D eigenvalue weighted by Gasteiger charge is -2.19. The third kappa shape index (κ3) is 2.37. The summed E-state index contributed by atoms with van der Waals surface area (Å²) in [6.07, 6.45) is 9.04. The van der Waals surface area contributed by atoms with Crippen LogP contribution >= 0.6 is 0 Å². The lowest BCUT2D eigenvalue weighted by Crippen LogP contribution is -2.40. The Morgan fingerprint density at radius 3 is 2.95 bits per heavy atom. The Morgan fingerprint density at radius 2 is 2.18 bits per heavy atom. The van der Waals surface area contributed by atoms with Gasteiger partial charge in [-0.15, -0.1) is 0 Å². The molecule has 2 saturated carbocycles. The van der Waals surface area contributed by atoms with Crippen molar-refractivity contribution >= 4 is 17.1 Å². The third-order valence-electron chi connectivity index (χ3n) is 4.69. The van der Waals surface area contributed by atoms with Crippen LogP contribution in [0.1, 0.15) is 48.5 Å². The summed E-state index contributed by atoms with van der Waals surface area (Å²) in [6, 6.07) is 2.46. The zero-order valence-electron chi connectivity index (χ0n) is 12.7. The van der Waals surface area contributed by atoms with E-state index in [1.807, 2.05) is 12.4 Å². The number of pyridine rings is 1. The number of imidazole rings is 1. The summed E-state index contributed by atoms with van der Waals surface area (Å²) >= 11 is 0. The van der Waals surface area contributed by atoms with Crippen LogP contribution in [0.25, 0.3) is 11.2 Å². The zero-order chi connectivity index (χ0) is 15.1. The summed E-state index contributed by atoms with van der Waals surface area (Å²) in [5.41, 5.74) is 2.22. The first-order valence-electron chi connectivity index (χ1n) is 7.92. The number of carbonyl (C=O) groups is 1. The number of amides is 1. The molecule has 2 aliphatic rings. The van der Waals surface area contributed by atoms with Crippen LogP contribution < -0.4 is 5.32 Å². The van der Waals surface area contributed by atoms with Crippen LogP contribution in [-0.4, -0.2) is 39.7 Å². The Bertz CT molecular complexity index is 707. The maximum atomic E-state index is 12.4. The molecule has 2 aromatic heterocycles. The summed E-state index contributed by atoms with van der Waals surface area (Å²) in [7, 11) is 1.70. The van der Waals surface area contributed by atoms with Gasteiger partial charge in [0, 0.05) is 19.3 Å². The second-order valence-corrected chi connectivity index (χ2v) is 6.23. The van der Waals surface area contributed by atoms with Gasteiger partial charge in [0.2, 0.25) is 0 Å². The van der Waals surface area contributed by atoms with Gasteiger partial charge in [0.05, 0.1) is 24.0 Å². The monoisotopic (exact) mass is 300 g/mol. The van der Waals surface area contributed by atoms with Gasteiger partial charge in [-0.3, -0.25) is 4.79 Å². The first-order valence-corrected chi connectivity index (χ1v) is 7.92. The molecule has 2 aromatic rings. The van der Waals surface area contributed by atoms with E-state index in [9.17, 15) is 4.79 Å². The number of aromatic nitrogens is 3. The first kappa shape index (κ1) is 13.7. The Kier molecular flexibility index (Phi) is 3.33. The number of fused-ring (bicyclic) bond motifs is 1. The van der Waals surface area contributed by atoms with Crippen molar-refractivity contribution in [1.29, 1.82) is 0 Å². The molecule has 22 heavy (non-hydrogen) atoms. The molecule has 2 heterocycles. The molecule has 0 unspecified atom stereocenters. The number of rotatable bonds is 4. The van der Waals surface area contributed by atoms with Crippen LogP contribution in [0.5, 0.6) is 0 Å². The Morgan fingerprint density at radius 1 is 1.32 bits per heavy atom. The fourth-order valence-corrected chi connectivity index (χ4v) is 3.29. The fourth-order valence-electron chi connectivity index (χ4n) is 3.29. The highest BCUT2D eigenvalue weighted by atomic mass is 16.5. The molecule has 2 fully saturated rings. The normalized spacial score (nSPS) is 24.8. The standard InChI is InChI=1S/C16H20N4O2/c1-22-14-4-2-3-12(14)19-16(21)10-7-13-15(17-8-10)20(9-18-13)11-5-6-11/h7-9,11-12,14H,2-6H2,1H3,(H,19,21)/t12-,14-/m1/s1. The van der Waals surface area contributed by atoms with Crippen LogP contribution in [0, 0.1) is 0 Å². The molecule has 6 heteroatoms. The van der Waals surface area contributed by atoms with Crippen LogP contribution in [-0.2, 0) is 4.74 Å². The zero-order valence-corrected chi connectivity index (χ0v) is 12.7. The molecule has 116 valence electrons. The molecule has 0 spiro atoms. The molecule has 1 amide bonds. The smallest absolute Gasteiger partial charge is 0.253 e. The first-order chi connectivity index (χ1) is 10.8. The molecule has 2 atom stereocenters. The average molecular weight is 300 g/mol. The summed E-state index contributed by atoms with van der Waals surface area (Å²) < 4.78 is 7.53. The molecule has 6 nitrogen and oxygen atoms in total. The van der Waals surface area contributed by atoms with E-state index in [1.165, 1.54) is 12.8 Å². The minimum atomic E-state index is -0.0932. The van der Waals surface area contributed by atoms with Gasteiger partial charge in [-0.05, 0) is 38.2 Å². The lowest BCUT2D eigenvalue weighted by molar-refractivity contribution is 0.0722. The predicted octanol–water partition coefficient (Wildman–Crippen LogP) is 2.06. The van der Waals surface area contributed by atoms with E-state index in [1.54, 1.807) is 13.3 Å². The number of hydrogen-bond donors (Lipinski definition) is 1. The van der Waals surface area contributed by atoms with Gasteiger partial charge < -0.3 is 14.6 Å². The van der Waals surface area contributed by atoms with Gasteiger partial charge in [-0.1, -0.05) is 0 Å². The van der Waals surface area contributed by atoms with Gasteiger partial charge in [0.15, 0.2) is 5.65 Å². The van der Waals surface area contributed by atoms with E-state index < -0.39 is 0 Å². The molecule has 0 saturated heterocycles. The number of hydrogen-bond acceptors (Lipinski definition) is 4. The highest BCUT2D eigenvalue weighted by Gasteiger charge is 2.29. The minimum Gasteiger partial charge on any atom is -0.379 e. The van der Waals surface area contributed by atoms with E-state index >= 15 is 0 Å². The second kappa shape index (κ2) is 5.35. The highest BCUT2D eigenvalue weighted by molar-refractivity contribution is 5.96. The van der Waals surface area contributed by atoms with Crippen molar-refractivity contribution in [2.24, 2.45) is 0 Å². The number of nitrogens with one attached hydrogen (secondary N) is 1. The minimum absolute atomic E-state index is 0.0932. The van der Waals surface area contributed by atoms with E-state index in [0.717, 1.165) is 30.4 Å². The van der Waals surface area contributed by atoms with E-state index in [0.29, 0.717) is 11.6 Å². The Labute approximate surface area is 128 Å². The van der Waals surface area contributed by atoms with Crippen LogP contribution in [0.4, 0.5) is 0 Å². The molecule has 2 aliphatic carbocycles. The van der Waals surface area contributed by atoms with Crippen molar-refractivity contribution in [3.05, 3.63) is 24.2 Å². The fraction of sp³-hybridized carbons (Fsp3) is 0.562. The van der Waals surface area contributed by atoms with Crippen molar-refractivity contribution in [1.82, 2.24) is 19.9 Å². The van der Waals surface area contributed by atoms with Gasteiger partial charge in [-0.2, -0.15) is 0 Å². The number of nitrogens with zero attached hydrogens (tertiary/aromatic N) is 3. The SMILES string of the molecule is CO[C@@H]1CCC[C@H]1NC(=O)c1cnc2c(c1)ncn2C1CC1. The van der Waals surface area contributed by atoms with Crippen molar-refractivity contribution in [2.75, 3.05) is 7.11 Å². The van der Waals surface area contributed by atoms with Crippen molar-refractivity contribution in [3.8, 4) is 0 Å². The summed E-state index contributed by atoms with van der Waals surface area (Å²) in [4.78, 5) is 21.2. The molecular formula is C16H20N4O2. The maximum absolute atomic E-state index is 12.4. The Hall–Kier alpha value is -1.95. The van der Waals surface area contributed by atoms with Crippen molar-refractivity contribution in [3.63, 3.8) is 0 Å². The Balaban J connectivity index is 1.54. The lowest BCUT2D eigenvalue weighted by atomic mass is 10.2. The molecule has 0 aromatic carbocycles. The summed E-state index contributed by atoms with van der Waals surface area (Å²) in [5.74, 6) is -0.0932. The molecule has 1 N–H and O–H groups in total. The number of methoxy groups -OCH3 is 1. The molecule has 0 bridgehead atoms. The summed E-state index contributed by atoms with van der Waals surface area (Å²) in [6.45, 7) is 0.